The highest BCUT2D eigenvalue weighted by Crippen LogP contribution is 2.42. The SMILES string of the molecule is COCCOCCOCCOc1cc(OCCOCCOCCOC)c(N([Si](C)(C)C)[Si](C)(C)C)cc1Br. The molecule has 38 heavy (non-hydrogen) atoms. The van der Waals surface area contributed by atoms with Crippen molar-refractivity contribution >= 4 is 38.1 Å². The first-order valence-electron chi connectivity index (χ1n) is 13.2. The van der Waals surface area contributed by atoms with Gasteiger partial charge in [0.25, 0.3) is 0 Å². The number of halogens is 1. The molecule has 0 bridgehead atoms. The Labute approximate surface area is 240 Å². The molecule has 0 atom stereocenters. The van der Waals surface area contributed by atoms with Crippen LogP contribution in [0.1, 0.15) is 0 Å². The molecule has 0 radical (unpaired) electrons. The summed E-state index contributed by atoms with van der Waals surface area (Å²) >= 11 is 3.73. The van der Waals surface area contributed by atoms with Crippen molar-refractivity contribution in [3.05, 3.63) is 16.6 Å². The van der Waals surface area contributed by atoms with E-state index >= 15 is 0 Å². The summed E-state index contributed by atoms with van der Waals surface area (Å²) in [5.41, 5.74) is 1.11. The molecule has 0 fully saturated rings. The Hall–Kier alpha value is -0.706. The lowest BCUT2D eigenvalue weighted by Gasteiger charge is -2.46. The van der Waals surface area contributed by atoms with Gasteiger partial charge in [0.05, 0.1) is 76.2 Å². The molecule has 0 aliphatic rings. The maximum Gasteiger partial charge on any atom is 0.144 e. The Bertz CT molecular complexity index is 748. The van der Waals surface area contributed by atoms with E-state index in [1.54, 1.807) is 14.2 Å². The largest absolute Gasteiger partial charge is 0.490 e. The second-order valence-corrected chi connectivity index (χ2v) is 21.4. The Morgan fingerprint density at radius 3 is 1.32 bits per heavy atom. The average molecular weight is 641 g/mol. The number of methoxy groups -OCH3 is 2. The van der Waals surface area contributed by atoms with Crippen LogP contribution < -0.4 is 13.7 Å². The van der Waals surface area contributed by atoms with Crippen LogP contribution in [-0.4, -0.2) is 110 Å². The molecular weight excluding hydrogens is 590 g/mol. The van der Waals surface area contributed by atoms with Crippen molar-refractivity contribution in [1.29, 1.82) is 0 Å². The van der Waals surface area contributed by atoms with E-state index in [0.717, 1.165) is 21.7 Å². The molecule has 222 valence electrons. The highest BCUT2D eigenvalue weighted by Gasteiger charge is 2.36. The number of rotatable bonds is 23. The third-order valence-electron chi connectivity index (χ3n) is 5.17. The first-order chi connectivity index (χ1) is 18.0. The summed E-state index contributed by atoms with van der Waals surface area (Å²) in [6.07, 6.45) is 0. The second kappa shape index (κ2) is 19.4. The van der Waals surface area contributed by atoms with Gasteiger partial charge in [-0.25, -0.2) is 0 Å². The van der Waals surface area contributed by atoms with Gasteiger partial charge in [-0.1, -0.05) is 39.3 Å². The average Bonchev–Trinajstić information content (AvgIpc) is 2.82. The first-order valence-corrected chi connectivity index (χ1v) is 20.9. The molecule has 0 saturated heterocycles. The van der Waals surface area contributed by atoms with Crippen molar-refractivity contribution in [3.8, 4) is 11.5 Å². The van der Waals surface area contributed by atoms with Crippen LogP contribution in [0.25, 0.3) is 0 Å². The predicted octanol–water partition coefficient (Wildman–Crippen LogP) is 5.04. The molecule has 12 heteroatoms. The monoisotopic (exact) mass is 639 g/mol. The molecule has 0 heterocycles. The molecule has 0 N–H and O–H groups in total. The number of ether oxygens (including phenoxy) is 8. The molecule has 1 aromatic carbocycles. The zero-order chi connectivity index (χ0) is 28.4. The first kappa shape index (κ1) is 35.3. The minimum absolute atomic E-state index is 0.424. The summed E-state index contributed by atoms with van der Waals surface area (Å²) in [5, 5.41) is 0. The smallest absolute Gasteiger partial charge is 0.144 e. The minimum atomic E-state index is -1.71. The van der Waals surface area contributed by atoms with E-state index in [1.807, 2.05) is 6.07 Å². The second-order valence-electron chi connectivity index (χ2n) is 10.6. The fourth-order valence-corrected chi connectivity index (χ4v) is 14.3. The molecule has 0 amide bonds. The highest BCUT2D eigenvalue weighted by atomic mass is 79.9. The number of hydrogen-bond donors (Lipinski definition) is 0. The predicted molar refractivity (Wildman–Crippen MR) is 161 cm³/mol. The number of nitrogens with zero attached hydrogens (tertiary/aromatic N) is 1. The molecule has 1 rings (SSSR count). The Balaban J connectivity index is 2.81. The fourth-order valence-electron chi connectivity index (χ4n) is 4.00. The molecule has 9 nitrogen and oxygen atoms in total. The van der Waals surface area contributed by atoms with E-state index in [4.69, 9.17) is 37.9 Å². The molecular formula is C26H50BrNO8Si2. The third kappa shape index (κ3) is 14.6. The number of anilines is 1. The van der Waals surface area contributed by atoms with Crippen molar-refractivity contribution in [2.45, 2.75) is 39.3 Å². The number of hydrogen-bond acceptors (Lipinski definition) is 9. The summed E-state index contributed by atoms with van der Waals surface area (Å²) in [4.78, 5) is 0. The molecule has 0 aliphatic heterocycles. The van der Waals surface area contributed by atoms with Crippen molar-refractivity contribution in [1.82, 2.24) is 0 Å². The maximum atomic E-state index is 6.30. The minimum Gasteiger partial charge on any atom is -0.490 e. The standard InChI is InChI=1S/C26H50BrNO8Si2/c1-29-9-11-31-13-15-33-17-19-35-25-22-26(36-20-18-34-16-14-32-12-10-30-2)24(21-23(25)27)28(37(3,4)5)38(6,7)8/h21-22H,9-20H2,1-8H3. The molecule has 0 spiro atoms. The van der Waals surface area contributed by atoms with Gasteiger partial charge >= 0.3 is 0 Å². The lowest BCUT2D eigenvalue weighted by Crippen LogP contribution is -2.59. The lowest BCUT2D eigenvalue weighted by atomic mass is 10.3. The van der Waals surface area contributed by atoms with E-state index in [0.29, 0.717) is 79.3 Å². The van der Waals surface area contributed by atoms with Crippen LogP contribution in [0.15, 0.2) is 16.6 Å². The summed E-state index contributed by atoms with van der Waals surface area (Å²) in [7, 11) is -0.103. The summed E-state index contributed by atoms with van der Waals surface area (Å²) in [6, 6.07) is 4.12. The zero-order valence-corrected chi connectivity index (χ0v) is 28.3. The van der Waals surface area contributed by atoms with E-state index in [-0.39, 0.29) is 0 Å². The highest BCUT2D eigenvalue weighted by molar-refractivity contribution is 9.10. The van der Waals surface area contributed by atoms with Crippen LogP contribution in [0.2, 0.25) is 39.3 Å². The van der Waals surface area contributed by atoms with Crippen molar-refractivity contribution in [2.24, 2.45) is 0 Å². The van der Waals surface area contributed by atoms with Gasteiger partial charge in [0.2, 0.25) is 0 Å². The summed E-state index contributed by atoms with van der Waals surface area (Å²) < 4.78 is 48.0. The van der Waals surface area contributed by atoms with E-state index in [2.05, 4.69) is 65.5 Å². The van der Waals surface area contributed by atoms with Crippen LogP contribution in [0.5, 0.6) is 11.5 Å². The van der Waals surface area contributed by atoms with Gasteiger partial charge in [0.15, 0.2) is 0 Å². The van der Waals surface area contributed by atoms with Crippen LogP contribution >= 0.6 is 15.9 Å². The van der Waals surface area contributed by atoms with E-state index in [1.165, 1.54) is 0 Å². The van der Waals surface area contributed by atoms with Crippen molar-refractivity contribution in [3.63, 3.8) is 0 Å². The number of benzene rings is 1. The Kier molecular flexibility index (Phi) is 18.0. The molecule has 0 aliphatic carbocycles. The Morgan fingerprint density at radius 1 is 0.553 bits per heavy atom. The van der Waals surface area contributed by atoms with Gasteiger partial charge in [-0.3, -0.25) is 0 Å². The van der Waals surface area contributed by atoms with Gasteiger partial charge in [-0.05, 0) is 22.0 Å². The third-order valence-corrected chi connectivity index (χ3v) is 13.0. The molecule has 0 saturated carbocycles. The molecule has 0 unspecified atom stereocenters. The lowest BCUT2D eigenvalue weighted by molar-refractivity contribution is 0.0174. The van der Waals surface area contributed by atoms with Crippen molar-refractivity contribution < 1.29 is 37.9 Å². The van der Waals surface area contributed by atoms with Gasteiger partial charge < -0.3 is 42.1 Å². The normalized spacial score (nSPS) is 12.1. The Morgan fingerprint density at radius 2 is 0.921 bits per heavy atom. The van der Waals surface area contributed by atoms with Crippen LogP contribution in [0.4, 0.5) is 5.69 Å². The van der Waals surface area contributed by atoms with Gasteiger partial charge in [-0.2, -0.15) is 0 Å². The summed E-state index contributed by atoms with van der Waals surface area (Å²) in [6.45, 7) is 20.4. The van der Waals surface area contributed by atoms with E-state index in [9.17, 15) is 0 Å². The molecule has 1 aromatic rings. The van der Waals surface area contributed by atoms with Crippen LogP contribution in [0.3, 0.4) is 0 Å². The maximum absolute atomic E-state index is 6.30. The van der Waals surface area contributed by atoms with Gasteiger partial charge in [0, 0.05) is 20.3 Å². The topological polar surface area (TPSA) is 77.1 Å². The van der Waals surface area contributed by atoms with Gasteiger partial charge in [-0.15, -0.1) is 0 Å². The van der Waals surface area contributed by atoms with Crippen LogP contribution in [-0.2, 0) is 28.4 Å². The zero-order valence-electron chi connectivity index (χ0n) is 24.7. The van der Waals surface area contributed by atoms with Crippen LogP contribution in [0, 0.1) is 0 Å². The molecule has 0 aromatic heterocycles. The quantitative estimate of drug-likeness (QED) is 0.121. The van der Waals surface area contributed by atoms with E-state index < -0.39 is 16.5 Å². The van der Waals surface area contributed by atoms with Crippen molar-refractivity contribution in [2.75, 3.05) is 97.7 Å². The summed E-state index contributed by atoms with van der Waals surface area (Å²) in [5.74, 6) is 1.53. The fraction of sp³-hybridized carbons (Fsp3) is 0.769. The van der Waals surface area contributed by atoms with Gasteiger partial charge in [0.1, 0.15) is 41.2 Å².